The molecule has 0 N–H and O–H groups in total. The molecule has 0 bridgehead atoms. The van der Waals surface area contributed by atoms with Gasteiger partial charge in [-0.1, -0.05) is 57.0 Å². The smallest absolute Gasteiger partial charge is 0.249 e. The minimum atomic E-state index is -0.173. The first kappa shape index (κ1) is 17.9. The fourth-order valence-electron chi connectivity index (χ4n) is 3.52. The molecule has 3 aromatic rings. The maximum Gasteiger partial charge on any atom is 0.249 e. The van der Waals surface area contributed by atoms with E-state index < -0.39 is 0 Å². The predicted octanol–water partition coefficient (Wildman–Crippen LogP) is 4.98. The predicted molar refractivity (Wildman–Crippen MR) is 106 cm³/mol. The number of benzene rings is 2. The van der Waals surface area contributed by atoms with Crippen LogP contribution in [0.4, 0.5) is 0 Å². The Morgan fingerprint density at radius 1 is 1.19 bits per heavy atom. The monoisotopic (exact) mass is 425 g/mol. The van der Waals surface area contributed by atoms with E-state index in [-0.39, 0.29) is 11.9 Å². The van der Waals surface area contributed by atoms with Gasteiger partial charge in [0.05, 0.1) is 0 Å². The van der Waals surface area contributed by atoms with Gasteiger partial charge in [-0.05, 0) is 43.5 Å². The maximum absolute atomic E-state index is 12.4. The van der Waals surface area contributed by atoms with E-state index in [9.17, 15) is 4.79 Å². The second kappa shape index (κ2) is 7.27. The number of amides is 1. The van der Waals surface area contributed by atoms with Crippen molar-refractivity contribution in [1.82, 2.24) is 15.0 Å². The summed E-state index contributed by atoms with van der Waals surface area (Å²) in [5.41, 5.74) is 4.34. The van der Waals surface area contributed by atoms with Gasteiger partial charge < -0.3 is 9.42 Å². The van der Waals surface area contributed by atoms with Crippen molar-refractivity contribution in [2.24, 2.45) is 0 Å². The van der Waals surface area contributed by atoms with Gasteiger partial charge in [0, 0.05) is 23.0 Å². The van der Waals surface area contributed by atoms with Crippen LogP contribution >= 0.6 is 15.9 Å². The molecule has 2 aromatic carbocycles. The molecule has 1 saturated heterocycles. The molecule has 1 amide bonds. The van der Waals surface area contributed by atoms with Crippen molar-refractivity contribution >= 4 is 21.8 Å². The summed E-state index contributed by atoms with van der Waals surface area (Å²) >= 11 is 3.44. The van der Waals surface area contributed by atoms with Crippen LogP contribution < -0.4 is 0 Å². The van der Waals surface area contributed by atoms with Gasteiger partial charge in [0.1, 0.15) is 6.04 Å². The van der Waals surface area contributed by atoms with Gasteiger partial charge in [-0.15, -0.1) is 0 Å². The summed E-state index contributed by atoms with van der Waals surface area (Å²) in [5.74, 6) is 1.20. The highest BCUT2D eigenvalue weighted by Gasteiger charge is 2.36. The summed E-state index contributed by atoms with van der Waals surface area (Å²) in [6.45, 7) is 4.64. The van der Waals surface area contributed by atoms with Crippen LogP contribution in [0.15, 0.2) is 51.5 Å². The number of carbonyl (C=O) groups is 1. The highest BCUT2D eigenvalue weighted by molar-refractivity contribution is 9.10. The molecule has 1 aliphatic heterocycles. The van der Waals surface area contributed by atoms with Crippen molar-refractivity contribution in [3.05, 3.63) is 69.5 Å². The molecule has 0 radical (unpaired) electrons. The molecule has 4 rings (SSSR count). The van der Waals surface area contributed by atoms with Gasteiger partial charge >= 0.3 is 0 Å². The van der Waals surface area contributed by atoms with E-state index in [1.165, 1.54) is 5.56 Å². The molecule has 1 aromatic heterocycles. The lowest BCUT2D eigenvalue weighted by molar-refractivity contribution is -0.129. The average Bonchev–Trinajstić information content (AvgIpc) is 3.24. The van der Waals surface area contributed by atoms with Crippen LogP contribution in [-0.4, -0.2) is 20.9 Å². The van der Waals surface area contributed by atoms with Crippen LogP contribution in [0.25, 0.3) is 11.4 Å². The lowest BCUT2D eigenvalue weighted by atomic mass is 10.1. The molecule has 2 heterocycles. The lowest BCUT2D eigenvalue weighted by Gasteiger charge is -2.22. The first-order valence-corrected chi connectivity index (χ1v) is 9.76. The average molecular weight is 426 g/mol. The summed E-state index contributed by atoms with van der Waals surface area (Å²) in [6.07, 6.45) is 1.20. The Morgan fingerprint density at radius 2 is 1.96 bits per heavy atom. The van der Waals surface area contributed by atoms with Gasteiger partial charge in [0.15, 0.2) is 0 Å². The Kier molecular flexibility index (Phi) is 4.83. The molecule has 1 atom stereocenters. The highest BCUT2D eigenvalue weighted by atomic mass is 79.9. The van der Waals surface area contributed by atoms with E-state index in [0.29, 0.717) is 31.1 Å². The number of hydrogen-bond acceptors (Lipinski definition) is 4. The molecule has 0 spiro atoms. The lowest BCUT2D eigenvalue weighted by Crippen LogP contribution is -2.27. The van der Waals surface area contributed by atoms with Crippen molar-refractivity contribution in [1.29, 1.82) is 0 Å². The molecular formula is C21H20BrN3O2. The minimum absolute atomic E-state index is 0.120. The number of carbonyl (C=O) groups excluding carboxylic acids is 1. The Hall–Kier alpha value is -2.47. The zero-order valence-electron chi connectivity index (χ0n) is 15.3. The van der Waals surface area contributed by atoms with Crippen LogP contribution in [0, 0.1) is 13.8 Å². The second-order valence-corrected chi connectivity index (χ2v) is 7.89. The molecule has 138 valence electrons. The molecule has 27 heavy (non-hydrogen) atoms. The van der Waals surface area contributed by atoms with E-state index in [0.717, 1.165) is 21.2 Å². The van der Waals surface area contributed by atoms with Gasteiger partial charge in [-0.2, -0.15) is 4.98 Å². The number of aromatic nitrogens is 2. The number of nitrogens with zero attached hydrogens (tertiary/aromatic N) is 3. The fraction of sp³-hybridized carbons (Fsp3) is 0.286. The van der Waals surface area contributed by atoms with Crippen LogP contribution in [0.2, 0.25) is 0 Å². The van der Waals surface area contributed by atoms with Gasteiger partial charge in [0.2, 0.25) is 17.6 Å². The zero-order valence-corrected chi connectivity index (χ0v) is 16.9. The number of likely N-dealkylation sites (tertiary alicyclic amines) is 1. The highest BCUT2D eigenvalue weighted by Crippen LogP contribution is 2.34. The van der Waals surface area contributed by atoms with Crippen LogP contribution in [0.1, 0.15) is 41.5 Å². The normalized spacial score (nSPS) is 16.9. The summed E-state index contributed by atoms with van der Waals surface area (Å²) in [5, 5.41) is 4.17. The molecule has 6 heteroatoms. The number of hydrogen-bond donors (Lipinski definition) is 0. The van der Waals surface area contributed by atoms with Crippen molar-refractivity contribution in [2.45, 2.75) is 39.3 Å². The van der Waals surface area contributed by atoms with E-state index in [4.69, 9.17) is 4.52 Å². The van der Waals surface area contributed by atoms with Crippen molar-refractivity contribution in [3.8, 4) is 11.4 Å². The van der Waals surface area contributed by atoms with Crippen molar-refractivity contribution in [3.63, 3.8) is 0 Å². The Bertz CT molecular complexity index is 981. The summed E-state index contributed by atoms with van der Waals surface area (Å²) in [7, 11) is 0. The Labute approximate surface area is 166 Å². The third kappa shape index (κ3) is 3.67. The van der Waals surface area contributed by atoms with Crippen molar-refractivity contribution in [2.75, 3.05) is 0 Å². The zero-order chi connectivity index (χ0) is 19.0. The third-order valence-corrected chi connectivity index (χ3v) is 5.47. The maximum atomic E-state index is 12.4. The molecular weight excluding hydrogens is 406 g/mol. The first-order valence-electron chi connectivity index (χ1n) is 8.96. The second-order valence-electron chi connectivity index (χ2n) is 6.98. The fourth-order valence-corrected chi connectivity index (χ4v) is 3.78. The standard InChI is InChI=1S/C21H20BrN3O2/c1-13-3-8-17(14(2)11-13)20-23-21(27-24-20)18-9-10-19(26)25(18)12-15-4-6-16(22)7-5-15/h3-8,11,18H,9-10,12H2,1-2H3. The first-order chi connectivity index (χ1) is 13.0. The third-order valence-electron chi connectivity index (χ3n) is 4.94. The number of halogens is 1. The van der Waals surface area contributed by atoms with E-state index in [2.05, 4.69) is 39.1 Å². The number of rotatable bonds is 4. The van der Waals surface area contributed by atoms with Crippen molar-refractivity contribution < 1.29 is 9.32 Å². The van der Waals surface area contributed by atoms with Gasteiger partial charge in [-0.3, -0.25) is 4.79 Å². The van der Waals surface area contributed by atoms with E-state index >= 15 is 0 Å². The van der Waals surface area contributed by atoms with Gasteiger partial charge in [0.25, 0.3) is 0 Å². The van der Waals surface area contributed by atoms with Crippen LogP contribution in [0.5, 0.6) is 0 Å². The molecule has 0 saturated carbocycles. The summed E-state index contributed by atoms with van der Waals surface area (Å²) in [4.78, 5) is 18.9. The number of aryl methyl sites for hydroxylation is 2. The van der Waals surface area contributed by atoms with E-state index in [1.54, 1.807) is 0 Å². The Morgan fingerprint density at radius 3 is 2.70 bits per heavy atom. The van der Waals surface area contributed by atoms with Crippen LogP contribution in [-0.2, 0) is 11.3 Å². The Balaban J connectivity index is 1.59. The largest absolute Gasteiger partial charge is 0.337 e. The molecule has 1 aliphatic rings. The van der Waals surface area contributed by atoms with E-state index in [1.807, 2.05) is 48.2 Å². The molecule has 1 unspecified atom stereocenters. The minimum Gasteiger partial charge on any atom is -0.337 e. The SMILES string of the molecule is Cc1ccc(-c2noc(C3CCC(=O)N3Cc3ccc(Br)cc3)n2)c(C)c1. The topological polar surface area (TPSA) is 59.2 Å². The molecule has 5 nitrogen and oxygen atoms in total. The summed E-state index contributed by atoms with van der Waals surface area (Å²) in [6, 6.07) is 14.0. The van der Waals surface area contributed by atoms with Crippen LogP contribution in [0.3, 0.4) is 0 Å². The summed E-state index contributed by atoms with van der Waals surface area (Å²) < 4.78 is 6.58. The quantitative estimate of drug-likeness (QED) is 0.591. The van der Waals surface area contributed by atoms with Gasteiger partial charge in [-0.25, -0.2) is 0 Å². The molecule has 0 aliphatic carbocycles. The molecule has 1 fully saturated rings.